The number of aromatic nitrogens is 2. The number of aryl methyl sites for hydroxylation is 2. The molecule has 0 spiro atoms. The molecule has 144 valence electrons. The van der Waals surface area contributed by atoms with Crippen LogP contribution in [0.1, 0.15) is 27.4 Å². The van der Waals surface area contributed by atoms with E-state index in [0.29, 0.717) is 22.8 Å². The number of rotatable bonds is 6. The minimum Gasteiger partial charge on any atom is -0.397 e. The van der Waals surface area contributed by atoms with E-state index in [1.54, 1.807) is 47.8 Å². The first-order valence-corrected chi connectivity index (χ1v) is 7.28. The quantitative estimate of drug-likeness (QED) is 0.363. The Bertz CT molecular complexity index is 798. The normalized spacial score (nSPS) is 9.62. The number of nitrogen functional groups attached to an aromatic ring is 1. The number of hydrogen-bond donors (Lipinski definition) is 5. The highest BCUT2D eigenvalue weighted by Gasteiger charge is 2.15. The molecule has 11 heteroatoms. The van der Waals surface area contributed by atoms with Crippen molar-refractivity contribution < 1.29 is 9.59 Å². The number of hydrogen-bond acceptors (Lipinski definition) is 4. The van der Waals surface area contributed by atoms with Gasteiger partial charge in [-0.15, -0.1) is 24.8 Å². The van der Waals surface area contributed by atoms with Crippen LogP contribution in [-0.2, 0) is 14.1 Å². The van der Waals surface area contributed by atoms with Crippen molar-refractivity contribution in [3.63, 3.8) is 0 Å². The molecule has 0 saturated heterocycles. The average molecular weight is 404 g/mol. The molecule has 2 amide bonds. The van der Waals surface area contributed by atoms with Crippen molar-refractivity contribution in [1.29, 1.82) is 5.41 Å². The van der Waals surface area contributed by atoms with Gasteiger partial charge in [0.25, 0.3) is 11.8 Å². The maximum Gasteiger partial charge on any atom is 0.272 e. The van der Waals surface area contributed by atoms with Gasteiger partial charge in [0.15, 0.2) is 0 Å². The summed E-state index contributed by atoms with van der Waals surface area (Å²) in [5.41, 5.74) is 12.7. The van der Waals surface area contributed by atoms with Crippen molar-refractivity contribution in [3.8, 4) is 0 Å². The zero-order valence-corrected chi connectivity index (χ0v) is 16.0. The van der Waals surface area contributed by atoms with E-state index in [4.69, 9.17) is 16.9 Å². The summed E-state index contributed by atoms with van der Waals surface area (Å²) in [7, 11) is 3.43. The van der Waals surface area contributed by atoms with Crippen LogP contribution in [0.15, 0.2) is 24.5 Å². The molecule has 2 heterocycles. The van der Waals surface area contributed by atoms with E-state index < -0.39 is 0 Å². The van der Waals surface area contributed by atoms with E-state index in [-0.39, 0.29) is 55.4 Å². The third kappa shape index (κ3) is 5.71. The molecule has 2 aromatic heterocycles. The van der Waals surface area contributed by atoms with Crippen LogP contribution in [0.2, 0.25) is 0 Å². The molecule has 0 saturated carbocycles. The predicted octanol–water partition coefficient (Wildman–Crippen LogP) is 1.10. The summed E-state index contributed by atoms with van der Waals surface area (Å²) < 4.78 is 3.24. The van der Waals surface area contributed by atoms with Gasteiger partial charge in [-0.1, -0.05) is 0 Å². The maximum atomic E-state index is 12.3. The zero-order chi connectivity index (χ0) is 17.9. The van der Waals surface area contributed by atoms with Crippen LogP contribution >= 0.6 is 24.8 Å². The third-order valence-corrected chi connectivity index (χ3v) is 3.43. The van der Waals surface area contributed by atoms with Gasteiger partial charge in [-0.05, 0) is 12.1 Å². The van der Waals surface area contributed by atoms with Crippen molar-refractivity contribution in [2.75, 3.05) is 17.6 Å². The van der Waals surface area contributed by atoms with E-state index in [9.17, 15) is 9.59 Å². The van der Waals surface area contributed by atoms with Crippen LogP contribution < -0.4 is 22.1 Å². The molecule has 7 N–H and O–H groups in total. The summed E-state index contributed by atoms with van der Waals surface area (Å²) in [6.07, 6.45) is 3.58. The Labute approximate surface area is 163 Å². The molecule has 0 atom stereocenters. The lowest BCUT2D eigenvalue weighted by molar-refractivity contribution is 0.0945. The fourth-order valence-electron chi connectivity index (χ4n) is 2.27. The SMILES string of the molecule is Cl.Cl.Cn1cc(NC(=O)c2cc(N)cn2C)cc1C(=O)NCCC(=N)N. The molecule has 9 nitrogen and oxygen atoms in total. The number of nitrogens with zero attached hydrogens (tertiary/aromatic N) is 2. The molecular weight excluding hydrogens is 381 g/mol. The van der Waals surface area contributed by atoms with Gasteiger partial charge in [0, 0.05) is 39.5 Å². The first-order valence-electron chi connectivity index (χ1n) is 7.28. The number of nitrogens with two attached hydrogens (primary N) is 2. The average Bonchev–Trinajstić information content (AvgIpc) is 3.00. The van der Waals surface area contributed by atoms with Crippen LogP contribution in [0.3, 0.4) is 0 Å². The van der Waals surface area contributed by atoms with Gasteiger partial charge in [0.2, 0.25) is 0 Å². The van der Waals surface area contributed by atoms with Crippen molar-refractivity contribution in [2.45, 2.75) is 6.42 Å². The summed E-state index contributed by atoms with van der Waals surface area (Å²) in [6.45, 7) is 0.281. The number of nitrogens with one attached hydrogen (secondary N) is 3. The molecule has 2 aromatic rings. The molecule has 0 aromatic carbocycles. The van der Waals surface area contributed by atoms with Crippen LogP contribution in [0.4, 0.5) is 11.4 Å². The number of anilines is 2. The van der Waals surface area contributed by atoms with E-state index in [2.05, 4.69) is 10.6 Å². The Balaban J connectivity index is 0.00000312. The summed E-state index contributed by atoms with van der Waals surface area (Å²) in [6, 6.07) is 3.15. The van der Waals surface area contributed by atoms with Crippen molar-refractivity contribution in [3.05, 3.63) is 35.9 Å². The molecule has 0 aliphatic rings. The highest BCUT2D eigenvalue weighted by atomic mass is 35.5. The number of amidine groups is 1. The highest BCUT2D eigenvalue weighted by molar-refractivity contribution is 6.04. The second-order valence-electron chi connectivity index (χ2n) is 5.48. The summed E-state index contributed by atoms with van der Waals surface area (Å²) >= 11 is 0. The summed E-state index contributed by atoms with van der Waals surface area (Å²) in [5.74, 6) is -0.609. The van der Waals surface area contributed by atoms with Gasteiger partial charge in [-0.25, -0.2) is 0 Å². The third-order valence-electron chi connectivity index (χ3n) is 3.43. The van der Waals surface area contributed by atoms with Crippen LogP contribution in [0, 0.1) is 5.41 Å². The molecule has 0 fully saturated rings. The summed E-state index contributed by atoms with van der Waals surface area (Å²) in [5, 5.41) is 12.5. The Morgan fingerprint density at radius 1 is 1.08 bits per heavy atom. The minimum absolute atomic E-state index is 0. The van der Waals surface area contributed by atoms with Gasteiger partial charge in [0.1, 0.15) is 11.4 Å². The van der Waals surface area contributed by atoms with E-state index in [1.165, 1.54) is 0 Å². The lowest BCUT2D eigenvalue weighted by Crippen LogP contribution is -2.28. The molecule has 0 aliphatic carbocycles. The molecule has 0 aliphatic heterocycles. The van der Waals surface area contributed by atoms with Crippen molar-refractivity contribution in [1.82, 2.24) is 14.5 Å². The molecule has 0 unspecified atom stereocenters. The van der Waals surface area contributed by atoms with Gasteiger partial charge in [-0.2, -0.15) is 0 Å². The predicted molar refractivity (Wildman–Crippen MR) is 107 cm³/mol. The van der Waals surface area contributed by atoms with Crippen molar-refractivity contribution in [2.24, 2.45) is 19.8 Å². The summed E-state index contributed by atoms with van der Waals surface area (Å²) in [4.78, 5) is 24.3. The Morgan fingerprint density at radius 2 is 1.65 bits per heavy atom. The van der Waals surface area contributed by atoms with Gasteiger partial charge >= 0.3 is 0 Å². The van der Waals surface area contributed by atoms with E-state index >= 15 is 0 Å². The van der Waals surface area contributed by atoms with E-state index in [1.807, 2.05) is 0 Å². The second-order valence-corrected chi connectivity index (χ2v) is 5.48. The van der Waals surface area contributed by atoms with Crippen molar-refractivity contribution >= 4 is 53.8 Å². The lowest BCUT2D eigenvalue weighted by Gasteiger charge is -2.04. The second kappa shape index (κ2) is 9.73. The van der Waals surface area contributed by atoms with Gasteiger partial charge < -0.3 is 31.2 Å². The molecular formula is C15H23Cl2N7O2. The molecule has 2 rings (SSSR count). The number of amides is 2. The Kier molecular flexibility index (Phi) is 8.74. The standard InChI is InChI=1S/C15H21N7O2.2ClH/c1-21-7-9(16)5-11(21)15(24)20-10-6-12(22(2)8-10)14(23)19-4-3-13(17)18;;/h5-8H,3-4,16H2,1-2H3,(H3,17,18)(H,19,23)(H,20,24);2*1H. The van der Waals surface area contributed by atoms with Gasteiger partial charge in [-0.3, -0.25) is 15.0 Å². The largest absolute Gasteiger partial charge is 0.397 e. The molecule has 0 radical (unpaired) electrons. The first-order chi connectivity index (χ1) is 11.3. The molecule has 0 bridgehead atoms. The zero-order valence-electron chi connectivity index (χ0n) is 14.4. The smallest absolute Gasteiger partial charge is 0.272 e. The highest BCUT2D eigenvalue weighted by Crippen LogP contribution is 2.16. The van der Waals surface area contributed by atoms with Crippen LogP contribution in [-0.4, -0.2) is 33.3 Å². The topological polar surface area (TPSA) is 144 Å². The van der Waals surface area contributed by atoms with Crippen LogP contribution in [0.5, 0.6) is 0 Å². The fraction of sp³-hybridized carbons (Fsp3) is 0.267. The molecule has 26 heavy (non-hydrogen) atoms. The Morgan fingerprint density at radius 3 is 2.19 bits per heavy atom. The first kappa shape index (κ1) is 23.4. The number of carbonyl (C=O) groups excluding carboxylic acids is 2. The van der Waals surface area contributed by atoms with Gasteiger partial charge in [0.05, 0.1) is 17.2 Å². The number of halogens is 2. The van der Waals surface area contributed by atoms with E-state index in [0.717, 1.165) is 0 Å². The maximum absolute atomic E-state index is 12.3. The number of carbonyl (C=O) groups is 2. The monoisotopic (exact) mass is 403 g/mol. The Hall–Kier alpha value is -2.65. The minimum atomic E-state index is -0.316. The fourth-order valence-corrected chi connectivity index (χ4v) is 2.27. The van der Waals surface area contributed by atoms with Crippen LogP contribution in [0.25, 0.3) is 0 Å². The lowest BCUT2D eigenvalue weighted by atomic mass is 10.3.